The number of carbonyl (C=O) groups is 4. The van der Waals surface area contributed by atoms with Crippen molar-refractivity contribution in [3.8, 4) is 6.07 Å². The van der Waals surface area contributed by atoms with Crippen molar-refractivity contribution in [1.29, 1.82) is 5.26 Å². The van der Waals surface area contributed by atoms with E-state index in [-0.39, 0.29) is 33.7 Å². The van der Waals surface area contributed by atoms with Crippen molar-refractivity contribution >= 4 is 35.1 Å². The molecule has 54 heavy (non-hydrogen) atoms. The number of esters is 3. The fourth-order valence-electron chi connectivity index (χ4n) is 5.62. The first-order valence-corrected chi connectivity index (χ1v) is 15.6. The van der Waals surface area contributed by atoms with Gasteiger partial charge in [0.1, 0.15) is 24.5 Å². The maximum atomic E-state index is 13.7. The molecule has 0 bridgehead atoms. The third-order valence-corrected chi connectivity index (χ3v) is 8.07. The standard InChI is InChI=1S/C35H23F3N8O8/c36-35(37,38)32(50)51-19-34(44-45-40)27(53-31(49)23-14-8-3-9-15-23)26(52-30(48)22-12-6-2-7-13-22)33(18-39,54-34)25-17-16-24-28(41-20-42-46(24)25)43-29(47)21-10-4-1-5-11-21/h1-17,20,26-27H,19H2,(H,41,42,43,47)/t26-,27+,33+,34-/m1/s1. The number of aromatic nitrogens is 3. The van der Waals surface area contributed by atoms with Crippen LogP contribution in [0.15, 0.2) is 115 Å². The SMILES string of the molecule is N#C[C@@]1(c2ccc3c(NC(=O)c4ccccc4)ncnn23)O[C@@](COC(=O)C(F)(F)F)(N=[N+]=[N-])[C@@H](OC(=O)c2ccccc2)[C@H]1OC(=O)c1ccccc1. The number of halogens is 3. The smallest absolute Gasteiger partial charge is 0.456 e. The zero-order chi connectivity index (χ0) is 38.5. The summed E-state index contributed by atoms with van der Waals surface area (Å²) in [6, 6.07) is 26.8. The molecule has 4 atom stereocenters. The summed E-state index contributed by atoms with van der Waals surface area (Å²) in [7, 11) is 0. The third-order valence-electron chi connectivity index (χ3n) is 8.07. The summed E-state index contributed by atoms with van der Waals surface area (Å²) in [6.45, 7) is -1.60. The molecule has 0 radical (unpaired) electrons. The molecule has 0 spiro atoms. The van der Waals surface area contributed by atoms with E-state index >= 15 is 0 Å². The summed E-state index contributed by atoms with van der Waals surface area (Å²) in [5, 5.41) is 21.3. The molecule has 1 aliphatic heterocycles. The Kier molecular flexibility index (Phi) is 9.97. The minimum absolute atomic E-state index is 0.0331. The second-order valence-electron chi connectivity index (χ2n) is 11.4. The number of hydrogen-bond acceptors (Lipinski definition) is 12. The Labute approximate surface area is 301 Å². The number of amides is 1. The fourth-order valence-corrected chi connectivity index (χ4v) is 5.62. The summed E-state index contributed by atoms with van der Waals surface area (Å²) >= 11 is 0. The Morgan fingerprint density at radius 3 is 1.98 bits per heavy atom. The van der Waals surface area contributed by atoms with Crippen LogP contribution in [-0.4, -0.2) is 69.1 Å². The van der Waals surface area contributed by atoms with E-state index in [1.807, 2.05) is 6.07 Å². The minimum Gasteiger partial charge on any atom is -0.456 e. The van der Waals surface area contributed by atoms with E-state index < -0.39 is 60.1 Å². The molecule has 1 saturated heterocycles. The molecule has 1 N–H and O–H groups in total. The van der Waals surface area contributed by atoms with Gasteiger partial charge in [-0.25, -0.2) is 23.9 Å². The van der Waals surface area contributed by atoms with Gasteiger partial charge in [-0.05, 0) is 54.1 Å². The fraction of sp³-hybridized carbons (Fsp3) is 0.171. The molecule has 6 rings (SSSR count). The Morgan fingerprint density at radius 1 is 0.889 bits per heavy atom. The summed E-state index contributed by atoms with van der Waals surface area (Å²) in [6.07, 6.45) is -9.03. The molecule has 0 saturated carbocycles. The maximum Gasteiger partial charge on any atom is 0.490 e. The minimum atomic E-state index is -5.55. The van der Waals surface area contributed by atoms with Crippen LogP contribution in [0.3, 0.4) is 0 Å². The first-order valence-electron chi connectivity index (χ1n) is 15.6. The van der Waals surface area contributed by atoms with Crippen LogP contribution in [0, 0.1) is 11.3 Å². The Balaban J connectivity index is 1.54. The van der Waals surface area contributed by atoms with E-state index in [1.165, 1.54) is 72.8 Å². The molecule has 0 unspecified atom stereocenters. The van der Waals surface area contributed by atoms with Gasteiger partial charge in [-0.15, -0.1) is 0 Å². The second-order valence-corrected chi connectivity index (χ2v) is 11.4. The highest BCUT2D eigenvalue weighted by Gasteiger charge is 2.70. The van der Waals surface area contributed by atoms with Crippen molar-refractivity contribution in [3.05, 3.63) is 142 Å². The summed E-state index contributed by atoms with van der Waals surface area (Å²) in [4.78, 5) is 59.0. The second kappa shape index (κ2) is 14.7. The van der Waals surface area contributed by atoms with E-state index in [0.717, 1.165) is 10.8 Å². The van der Waals surface area contributed by atoms with E-state index in [9.17, 15) is 43.1 Å². The molecule has 5 aromatic rings. The zero-order valence-electron chi connectivity index (χ0n) is 27.3. The zero-order valence-corrected chi connectivity index (χ0v) is 27.3. The number of azide groups is 1. The van der Waals surface area contributed by atoms with Crippen molar-refractivity contribution in [2.75, 3.05) is 11.9 Å². The molecular weight excluding hydrogens is 717 g/mol. The Bertz CT molecular complexity index is 2320. The van der Waals surface area contributed by atoms with Crippen LogP contribution in [0.1, 0.15) is 36.8 Å². The Hall–Kier alpha value is -7.29. The predicted octanol–water partition coefficient (Wildman–Crippen LogP) is 5.29. The number of rotatable bonds is 10. The summed E-state index contributed by atoms with van der Waals surface area (Å²) < 4.78 is 63.2. The highest BCUT2D eigenvalue weighted by atomic mass is 19.4. The molecule has 16 nitrogen and oxygen atoms in total. The van der Waals surface area contributed by atoms with Crippen LogP contribution >= 0.6 is 0 Å². The molecular formula is C35H23F3N8O8. The van der Waals surface area contributed by atoms with Gasteiger partial charge in [0.15, 0.2) is 18.0 Å². The van der Waals surface area contributed by atoms with Gasteiger partial charge in [0.05, 0.1) is 16.8 Å². The molecule has 1 amide bonds. The normalized spacial score (nSPS) is 20.6. The molecule has 1 aliphatic rings. The molecule has 3 aromatic carbocycles. The number of hydrogen-bond donors (Lipinski definition) is 1. The first kappa shape index (κ1) is 36.5. The highest BCUT2D eigenvalue weighted by molar-refractivity contribution is 6.05. The van der Waals surface area contributed by atoms with Crippen LogP contribution in [0.2, 0.25) is 0 Å². The number of nitrogens with zero attached hydrogens (tertiary/aromatic N) is 7. The number of ether oxygens (including phenoxy) is 4. The van der Waals surface area contributed by atoms with Gasteiger partial charge in [0.25, 0.3) is 5.91 Å². The number of anilines is 1. The molecule has 2 aromatic heterocycles. The lowest BCUT2D eigenvalue weighted by atomic mass is 9.90. The van der Waals surface area contributed by atoms with Crippen LogP contribution in [-0.2, 0) is 29.3 Å². The predicted molar refractivity (Wildman–Crippen MR) is 176 cm³/mol. The number of nitriles is 1. The first-order chi connectivity index (χ1) is 25.9. The lowest BCUT2D eigenvalue weighted by Crippen LogP contribution is -2.50. The van der Waals surface area contributed by atoms with E-state index in [4.69, 9.17) is 14.2 Å². The largest absolute Gasteiger partial charge is 0.490 e. The van der Waals surface area contributed by atoms with Crippen LogP contribution in [0.4, 0.5) is 19.0 Å². The number of carbonyl (C=O) groups excluding carboxylic acids is 4. The van der Waals surface area contributed by atoms with E-state index in [1.54, 1.807) is 30.3 Å². The van der Waals surface area contributed by atoms with Crippen LogP contribution in [0.25, 0.3) is 16.0 Å². The lowest BCUT2D eigenvalue weighted by Gasteiger charge is -2.30. The monoisotopic (exact) mass is 740 g/mol. The van der Waals surface area contributed by atoms with Gasteiger partial charge in [0, 0.05) is 10.5 Å². The quantitative estimate of drug-likeness (QED) is 0.0637. The van der Waals surface area contributed by atoms with Crippen molar-refractivity contribution in [2.45, 2.75) is 29.7 Å². The summed E-state index contributed by atoms with van der Waals surface area (Å²) in [5.41, 5.74) is 3.69. The van der Waals surface area contributed by atoms with Crippen molar-refractivity contribution in [1.82, 2.24) is 14.6 Å². The van der Waals surface area contributed by atoms with Crippen LogP contribution in [0.5, 0.6) is 0 Å². The molecule has 1 fully saturated rings. The van der Waals surface area contributed by atoms with Gasteiger partial charge in [-0.2, -0.15) is 23.5 Å². The van der Waals surface area contributed by atoms with Gasteiger partial charge in [0.2, 0.25) is 11.3 Å². The van der Waals surface area contributed by atoms with Crippen LogP contribution < -0.4 is 5.32 Å². The van der Waals surface area contributed by atoms with Crippen molar-refractivity contribution in [2.24, 2.45) is 5.11 Å². The average Bonchev–Trinajstić information content (AvgIpc) is 3.73. The van der Waals surface area contributed by atoms with E-state index in [0.29, 0.717) is 0 Å². The van der Waals surface area contributed by atoms with Crippen molar-refractivity contribution < 1.29 is 51.3 Å². The van der Waals surface area contributed by atoms with Gasteiger partial charge >= 0.3 is 24.1 Å². The molecule has 0 aliphatic carbocycles. The topological polar surface area (TPSA) is 220 Å². The average molecular weight is 741 g/mol. The summed E-state index contributed by atoms with van der Waals surface area (Å²) in [5.74, 6) is -5.74. The van der Waals surface area contributed by atoms with Gasteiger partial charge < -0.3 is 24.3 Å². The molecule has 19 heteroatoms. The van der Waals surface area contributed by atoms with Crippen molar-refractivity contribution in [3.63, 3.8) is 0 Å². The highest BCUT2D eigenvalue weighted by Crippen LogP contribution is 2.50. The van der Waals surface area contributed by atoms with Gasteiger partial charge in [-0.1, -0.05) is 59.7 Å². The molecule has 272 valence electrons. The van der Waals surface area contributed by atoms with Gasteiger partial charge in [-0.3, -0.25) is 4.79 Å². The Morgan fingerprint density at radius 2 is 1.44 bits per heavy atom. The number of alkyl halides is 3. The molecule has 3 heterocycles. The number of fused-ring (bicyclic) bond motifs is 1. The lowest BCUT2D eigenvalue weighted by molar-refractivity contribution is -0.211. The van der Waals surface area contributed by atoms with E-state index in [2.05, 4.69) is 30.2 Å². The number of benzene rings is 3. The maximum absolute atomic E-state index is 13.7. The number of nitrogens with one attached hydrogen (secondary N) is 1. The third kappa shape index (κ3) is 6.97.